The molecule has 1 amide bonds. The highest BCUT2D eigenvalue weighted by molar-refractivity contribution is 7.14. The van der Waals surface area contributed by atoms with E-state index in [9.17, 15) is 9.59 Å². The molecule has 0 unspecified atom stereocenters. The number of anilines is 1. The molecule has 0 aromatic carbocycles. The maximum atomic E-state index is 11.8. The van der Waals surface area contributed by atoms with Crippen LogP contribution in [0.25, 0.3) is 0 Å². The molecule has 0 aliphatic heterocycles. The Labute approximate surface area is 156 Å². The molecule has 6 heteroatoms. The van der Waals surface area contributed by atoms with E-state index < -0.39 is 5.60 Å². The number of unbranched alkanes of at least 4 members (excludes halogenated alkanes) is 4. The Hall–Kier alpha value is -1.56. The van der Waals surface area contributed by atoms with Crippen LogP contribution in [0.5, 0.6) is 0 Å². The van der Waals surface area contributed by atoms with Crippen LogP contribution < -0.4 is 11.1 Å². The SMILES string of the molecule is CC.CC(C)(C)OC(=O)CCCCCCCNC(=O)c1ccsc1N. The molecule has 144 valence electrons. The maximum absolute atomic E-state index is 11.8. The van der Waals surface area contributed by atoms with Gasteiger partial charge in [-0.3, -0.25) is 9.59 Å². The van der Waals surface area contributed by atoms with Crippen molar-refractivity contribution < 1.29 is 14.3 Å². The van der Waals surface area contributed by atoms with Crippen molar-refractivity contribution >= 4 is 28.2 Å². The normalized spacial score (nSPS) is 10.6. The van der Waals surface area contributed by atoms with Gasteiger partial charge in [-0.25, -0.2) is 0 Å². The highest BCUT2D eigenvalue weighted by Crippen LogP contribution is 2.18. The number of hydrogen-bond donors (Lipinski definition) is 2. The van der Waals surface area contributed by atoms with Crippen LogP contribution in [0.15, 0.2) is 11.4 Å². The number of nitrogen functional groups attached to an aromatic ring is 1. The lowest BCUT2D eigenvalue weighted by atomic mass is 10.1. The van der Waals surface area contributed by atoms with Gasteiger partial charge in [-0.05, 0) is 45.1 Å². The summed E-state index contributed by atoms with van der Waals surface area (Å²) in [7, 11) is 0. The van der Waals surface area contributed by atoms with Gasteiger partial charge < -0.3 is 15.8 Å². The van der Waals surface area contributed by atoms with Crippen molar-refractivity contribution in [3.8, 4) is 0 Å². The first kappa shape index (κ1) is 23.4. The van der Waals surface area contributed by atoms with Gasteiger partial charge in [0.2, 0.25) is 0 Å². The molecule has 0 saturated carbocycles. The van der Waals surface area contributed by atoms with Crippen LogP contribution in [-0.4, -0.2) is 24.0 Å². The van der Waals surface area contributed by atoms with E-state index in [1.807, 2.05) is 40.0 Å². The summed E-state index contributed by atoms with van der Waals surface area (Å²) in [6, 6.07) is 1.74. The van der Waals surface area contributed by atoms with Crippen LogP contribution in [0, 0.1) is 0 Å². The van der Waals surface area contributed by atoms with E-state index in [4.69, 9.17) is 10.5 Å². The molecule has 1 heterocycles. The van der Waals surface area contributed by atoms with Crippen LogP contribution in [-0.2, 0) is 9.53 Å². The molecular formula is C19H34N2O3S. The Morgan fingerprint density at radius 2 is 1.72 bits per heavy atom. The molecule has 0 saturated heterocycles. The zero-order valence-electron chi connectivity index (χ0n) is 16.3. The van der Waals surface area contributed by atoms with E-state index in [-0.39, 0.29) is 11.9 Å². The Morgan fingerprint density at radius 1 is 1.12 bits per heavy atom. The number of thiophene rings is 1. The molecule has 0 atom stereocenters. The molecule has 0 aliphatic rings. The van der Waals surface area contributed by atoms with Gasteiger partial charge in [-0.15, -0.1) is 11.3 Å². The molecule has 0 spiro atoms. The summed E-state index contributed by atoms with van der Waals surface area (Å²) in [5.74, 6) is -0.230. The lowest BCUT2D eigenvalue weighted by Crippen LogP contribution is -2.24. The molecular weight excluding hydrogens is 336 g/mol. The number of carbonyl (C=O) groups excluding carboxylic acids is 2. The lowest BCUT2D eigenvalue weighted by molar-refractivity contribution is -0.154. The monoisotopic (exact) mass is 370 g/mol. The second-order valence-electron chi connectivity index (χ2n) is 6.56. The topological polar surface area (TPSA) is 81.4 Å². The molecule has 1 rings (SSSR count). The molecule has 1 aromatic heterocycles. The van der Waals surface area contributed by atoms with Crippen LogP contribution in [0.4, 0.5) is 5.00 Å². The largest absolute Gasteiger partial charge is 0.460 e. The number of ether oxygens (including phenoxy) is 1. The van der Waals surface area contributed by atoms with Crippen LogP contribution in [0.2, 0.25) is 0 Å². The fourth-order valence-electron chi connectivity index (χ4n) is 2.12. The highest BCUT2D eigenvalue weighted by Gasteiger charge is 2.15. The van der Waals surface area contributed by atoms with E-state index in [1.165, 1.54) is 11.3 Å². The average Bonchev–Trinajstić information content (AvgIpc) is 2.96. The number of amides is 1. The van der Waals surface area contributed by atoms with Gasteiger partial charge in [-0.1, -0.05) is 33.1 Å². The van der Waals surface area contributed by atoms with Crippen molar-refractivity contribution in [1.82, 2.24) is 5.32 Å². The van der Waals surface area contributed by atoms with Crippen LogP contribution in [0.3, 0.4) is 0 Å². The van der Waals surface area contributed by atoms with Crippen LogP contribution in [0.1, 0.15) is 83.5 Å². The Morgan fingerprint density at radius 3 is 2.28 bits per heavy atom. The first-order valence-electron chi connectivity index (χ1n) is 9.12. The smallest absolute Gasteiger partial charge is 0.306 e. The van der Waals surface area contributed by atoms with E-state index >= 15 is 0 Å². The molecule has 0 fully saturated rings. The molecule has 0 aliphatic carbocycles. The summed E-state index contributed by atoms with van der Waals surface area (Å²) < 4.78 is 5.26. The predicted octanol–water partition coefficient (Wildman–Crippen LogP) is 4.77. The quantitative estimate of drug-likeness (QED) is 0.484. The van der Waals surface area contributed by atoms with Crippen molar-refractivity contribution in [3.63, 3.8) is 0 Å². The van der Waals surface area contributed by atoms with E-state index in [0.717, 1.165) is 32.1 Å². The van der Waals surface area contributed by atoms with Gasteiger partial charge in [0.15, 0.2) is 0 Å². The fraction of sp³-hybridized carbons (Fsp3) is 0.684. The van der Waals surface area contributed by atoms with E-state index in [2.05, 4.69) is 5.32 Å². The fourth-order valence-corrected chi connectivity index (χ4v) is 2.76. The zero-order chi connectivity index (χ0) is 19.3. The van der Waals surface area contributed by atoms with Crippen molar-refractivity contribution in [1.29, 1.82) is 0 Å². The maximum Gasteiger partial charge on any atom is 0.306 e. The van der Waals surface area contributed by atoms with Crippen molar-refractivity contribution in [2.24, 2.45) is 0 Å². The number of carbonyl (C=O) groups is 2. The molecule has 25 heavy (non-hydrogen) atoms. The minimum absolute atomic E-state index is 0.103. The number of esters is 1. The first-order chi connectivity index (χ1) is 11.8. The predicted molar refractivity (Wildman–Crippen MR) is 106 cm³/mol. The Balaban J connectivity index is 0.00000277. The number of hydrogen-bond acceptors (Lipinski definition) is 5. The number of nitrogens with one attached hydrogen (secondary N) is 1. The molecule has 0 bridgehead atoms. The second kappa shape index (κ2) is 12.8. The van der Waals surface area contributed by atoms with Crippen molar-refractivity contribution in [2.45, 2.75) is 78.7 Å². The van der Waals surface area contributed by atoms with Gasteiger partial charge in [-0.2, -0.15) is 0 Å². The van der Waals surface area contributed by atoms with Crippen LogP contribution >= 0.6 is 11.3 Å². The molecule has 5 nitrogen and oxygen atoms in total. The van der Waals surface area contributed by atoms with Gasteiger partial charge in [0.25, 0.3) is 5.91 Å². The minimum atomic E-state index is -0.402. The van der Waals surface area contributed by atoms with E-state index in [1.54, 1.807) is 6.07 Å². The molecule has 1 aromatic rings. The van der Waals surface area contributed by atoms with E-state index in [0.29, 0.717) is 23.5 Å². The van der Waals surface area contributed by atoms with Crippen molar-refractivity contribution in [2.75, 3.05) is 12.3 Å². The standard InChI is InChI=1S/C17H28N2O3S.C2H6/c1-17(2,3)22-14(20)9-7-5-4-6-8-11-19-16(21)13-10-12-23-15(13)18;1-2/h10,12H,4-9,11,18H2,1-3H3,(H,19,21);1-2H3. The van der Waals surface area contributed by atoms with Gasteiger partial charge in [0.05, 0.1) is 10.6 Å². The third-order valence-electron chi connectivity index (χ3n) is 3.20. The summed E-state index contributed by atoms with van der Waals surface area (Å²) in [6.45, 7) is 10.3. The third kappa shape index (κ3) is 11.6. The number of rotatable bonds is 9. The summed E-state index contributed by atoms with van der Waals surface area (Å²) >= 11 is 1.37. The second-order valence-corrected chi connectivity index (χ2v) is 7.51. The first-order valence-corrected chi connectivity index (χ1v) is 10.0. The lowest BCUT2D eigenvalue weighted by Gasteiger charge is -2.19. The van der Waals surface area contributed by atoms with Gasteiger partial charge >= 0.3 is 5.97 Å². The zero-order valence-corrected chi connectivity index (χ0v) is 17.1. The van der Waals surface area contributed by atoms with Gasteiger partial charge in [0.1, 0.15) is 5.60 Å². The highest BCUT2D eigenvalue weighted by atomic mass is 32.1. The minimum Gasteiger partial charge on any atom is -0.460 e. The summed E-state index contributed by atoms with van der Waals surface area (Å²) in [6.07, 6.45) is 5.36. The summed E-state index contributed by atoms with van der Waals surface area (Å²) in [4.78, 5) is 23.3. The summed E-state index contributed by atoms with van der Waals surface area (Å²) in [5.41, 5.74) is 5.87. The average molecular weight is 371 g/mol. The van der Waals surface area contributed by atoms with Gasteiger partial charge in [0, 0.05) is 13.0 Å². The summed E-state index contributed by atoms with van der Waals surface area (Å²) in [5, 5.41) is 5.25. The molecule has 3 N–H and O–H groups in total. The Kier molecular flexibility index (Phi) is 12.0. The number of nitrogens with two attached hydrogens (primary N) is 1. The third-order valence-corrected chi connectivity index (χ3v) is 3.95. The molecule has 0 radical (unpaired) electrons. The Bertz CT molecular complexity index is 507. The van der Waals surface area contributed by atoms with Crippen molar-refractivity contribution in [3.05, 3.63) is 17.0 Å².